The van der Waals surface area contributed by atoms with Gasteiger partial charge in [-0.05, 0) is 31.0 Å². The Bertz CT molecular complexity index is 825. The number of benzene rings is 2. The van der Waals surface area contributed by atoms with Crippen LogP contribution in [0.25, 0.3) is 0 Å². The van der Waals surface area contributed by atoms with Crippen LogP contribution in [0.4, 0.5) is 0 Å². The predicted molar refractivity (Wildman–Crippen MR) is 96.0 cm³/mol. The van der Waals surface area contributed by atoms with Crippen molar-refractivity contribution in [1.82, 2.24) is 4.72 Å². The Morgan fingerprint density at radius 3 is 2.25 bits per heavy atom. The van der Waals surface area contributed by atoms with E-state index in [0.29, 0.717) is 0 Å². The summed E-state index contributed by atoms with van der Waals surface area (Å²) in [4.78, 5) is 10.1. The van der Waals surface area contributed by atoms with Crippen LogP contribution in [0.1, 0.15) is 11.1 Å². The SMILES string of the molecule is Cc1ccc(S(=O)(=O)NC(Cc2ccccc2)P(=O)(O)CCl)cc1. The summed E-state index contributed by atoms with van der Waals surface area (Å²) in [5.41, 5.74) is 1.14. The molecule has 130 valence electrons. The molecule has 2 aromatic rings. The van der Waals surface area contributed by atoms with E-state index in [1.54, 1.807) is 36.4 Å². The smallest absolute Gasteiger partial charge is 0.241 e. The third-order valence-electron chi connectivity index (χ3n) is 3.55. The first kappa shape index (κ1) is 19.2. The molecule has 5 nitrogen and oxygen atoms in total. The standard InChI is InChI=1S/C16H19ClNO4PS/c1-13-7-9-15(10-8-13)24(21,22)18-16(23(19,20)12-17)11-14-5-3-2-4-6-14/h2-10,16,18H,11-12H2,1H3,(H,19,20). The number of nitrogens with one attached hydrogen (secondary N) is 1. The van der Waals surface area contributed by atoms with Crippen molar-refractivity contribution in [1.29, 1.82) is 0 Å². The van der Waals surface area contributed by atoms with Gasteiger partial charge in [0.05, 0.1) is 4.90 Å². The van der Waals surface area contributed by atoms with Crippen LogP contribution in [0.3, 0.4) is 0 Å². The molecular weight excluding hydrogens is 369 g/mol. The summed E-state index contributed by atoms with van der Waals surface area (Å²) >= 11 is 5.60. The average Bonchev–Trinajstić information content (AvgIpc) is 2.55. The van der Waals surface area contributed by atoms with Crippen LogP contribution in [0.5, 0.6) is 0 Å². The number of aryl methyl sites for hydroxylation is 1. The van der Waals surface area contributed by atoms with Gasteiger partial charge in [0.1, 0.15) is 11.4 Å². The molecule has 0 bridgehead atoms. The summed E-state index contributed by atoms with van der Waals surface area (Å²) in [6.07, 6.45) is 0.0758. The van der Waals surface area contributed by atoms with Gasteiger partial charge < -0.3 is 4.89 Å². The Hall–Kier alpha value is -1.17. The van der Waals surface area contributed by atoms with Crippen molar-refractivity contribution >= 4 is 29.0 Å². The number of alkyl halides is 1. The van der Waals surface area contributed by atoms with Gasteiger partial charge in [-0.15, -0.1) is 11.6 Å². The second-order valence-electron chi connectivity index (χ2n) is 5.52. The van der Waals surface area contributed by atoms with Crippen molar-refractivity contribution in [3.63, 3.8) is 0 Å². The summed E-state index contributed by atoms with van der Waals surface area (Å²) in [7, 11) is -7.83. The molecular formula is C16H19ClNO4PS. The third kappa shape index (κ3) is 4.91. The first-order chi connectivity index (χ1) is 11.2. The van der Waals surface area contributed by atoms with E-state index < -0.39 is 28.8 Å². The van der Waals surface area contributed by atoms with Crippen LogP contribution >= 0.6 is 19.0 Å². The number of halogens is 1. The topological polar surface area (TPSA) is 83.5 Å². The highest BCUT2D eigenvalue weighted by Gasteiger charge is 2.34. The van der Waals surface area contributed by atoms with Crippen molar-refractivity contribution in [3.8, 4) is 0 Å². The molecule has 0 aromatic heterocycles. The van der Waals surface area contributed by atoms with Crippen LogP contribution in [0, 0.1) is 6.92 Å². The number of hydrogen-bond acceptors (Lipinski definition) is 3. The molecule has 2 rings (SSSR count). The van der Waals surface area contributed by atoms with E-state index >= 15 is 0 Å². The molecule has 0 saturated heterocycles. The van der Waals surface area contributed by atoms with Crippen molar-refractivity contribution in [2.75, 3.05) is 5.62 Å². The van der Waals surface area contributed by atoms with Crippen LogP contribution in [0.2, 0.25) is 0 Å². The zero-order chi connectivity index (χ0) is 17.8. The molecule has 2 unspecified atom stereocenters. The van der Waals surface area contributed by atoms with Gasteiger partial charge in [0.2, 0.25) is 17.4 Å². The summed E-state index contributed by atoms with van der Waals surface area (Å²) in [6.45, 7) is 1.84. The number of hydrogen-bond donors (Lipinski definition) is 2. The molecule has 0 saturated carbocycles. The fraction of sp³-hybridized carbons (Fsp3) is 0.250. The lowest BCUT2D eigenvalue weighted by molar-refractivity contribution is 0.459. The number of rotatable bonds is 7. The fourth-order valence-corrected chi connectivity index (χ4v) is 5.46. The zero-order valence-electron chi connectivity index (χ0n) is 13.1. The minimum Gasteiger partial charge on any atom is -0.342 e. The minimum absolute atomic E-state index is 0.0423. The Kier molecular flexibility index (Phi) is 6.23. The largest absolute Gasteiger partial charge is 0.342 e. The molecule has 2 N–H and O–H groups in total. The molecule has 0 heterocycles. The van der Waals surface area contributed by atoms with Crippen LogP contribution < -0.4 is 4.72 Å². The first-order valence-corrected chi connectivity index (χ1v) is 11.2. The lowest BCUT2D eigenvalue weighted by Crippen LogP contribution is -2.36. The van der Waals surface area contributed by atoms with Gasteiger partial charge >= 0.3 is 0 Å². The molecule has 0 aliphatic heterocycles. The van der Waals surface area contributed by atoms with Gasteiger partial charge in [0, 0.05) is 0 Å². The van der Waals surface area contributed by atoms with E-state index in [1.807, 2.05) is 13.0 Å². The summed E-state index contributed by atoms with van der Waals surface area (Å²) < 4.78 is 39.7. The lowest BCUT2D eigenvalue weighted by Gasteiger charge is -2.23. The van der Waals surface area contributed by atoms with Crippen molar-refractivity contribution in [3.05, 3.63) is 65.7 Å². The molecule has 0 fully saturated rings. The van der Waals surface area contributed by atoms with Crippen molar-refractivity contribution in [2.24, 2.45) is 0 Å². The average molecular weight is 388 g/mol. The Balaban J connectivity index is 2.31. The third-order valence-corrected chi connectivity index (χ3v) is 7.87. The normalized spacial score (nSPS) is 15.6. The van der Waals surface area contributed by atoms with E-state index in [9.17, 15) is 17.9 Å². The molecule has 2 aromatic carbocycles. The maximum absolute atomic E-state index is 12.5. The van der Waals surface area contributed by atoms with Crippen LogP contribution in [0.15, 0.2) is 59.5 Å². The molecule has 0 radical (unpaired) electrons. The minimum atomic E-state index is -3.93. The molecule has 8 heteroatoms. The molecule has 24 heavy (non-hydrogen) atoms. The Labute approximate surface area is 147 Å². The van der Waals surface area contributed by atoms with Gasteiger partial charge in [-0.3, -0.25) is 4.57 Å². The van der Waals surface area contributed by atoms with E-state index in [-0.39, 0.29) is 11.3 Å². The van der Waals surface area contributed by atoms with Gasteiger partial charge in [-0.2, -0.15) is 4.72 Å². The summed E-state index contributed by atoms with van der Waals surface area (Å²) in [5, 5.41) is 0. The monoisotopic (exact) mass is 387 g/mol. The maximum Gasteiger partial charge on any atom is 0.241 e. The summed E-state index contributed by atoms with van der Waals surface area (Å²) in [6, 6.07) is 15.2. The highest BCUT2D eigenvalue weighted by atomic mass is 35.5. The molecule has 2 atom stereocenters. The Morgan fingerprint density at radius 1 is 1.12 bits per heavy atom. The zero-order valence-corrected chi connectivity index (χ0v) is 15.6. The fourth-order valence-electron chi connectivity index (χ4n) is 2.15. The first-order valence-electron chi connectivity index (χ1n) is 7.25. The van der Waals surface area contributed by atoms with Crippen LogP contribution in [-0.2, 0) is 21.0 Å². The second kappa shape index (κ2) is 7.81. The highest BCUT2D eigenvalue weighted by molar-refractivity contribution is 7.90. The second-order valence-corrected chi connectivity index (χ2v) is 10.3. The predicted octanol–water partition coefficient (Wildman–Crippen LogP) is 3.31. The highest BCUT2D eigenvalue weighted by Crippen LogP contribution is 2.47. The van der Waals surface area contributed by atoms with Gasteiger partial charge in [-0.25, -0.2) is 8.42 Å². The van der Waals surface area contributed by atoms with Gasteiger partial charge in [0.15, 0.2) is 0 Å². The van der Waals surface area contributed by atoms with Crippen LogP contribution in [-0.4, -0.2) is 24.7 Å². The van der Waals surface area contributed by atoms with Gasteiger partial charge in [-0.1, -0.05) is 48.0 Å². The van der Waals surface area contributed by atoms with Crippen molar-refractivity contribution < 1.29 is 17.9 Å². The van der Waals surface area contributed by atoms with Gasteiger partial charge in [0.25, 0.3) is 0 Å². The van der Waals surface area contributed by atoms with E-state index in [4.69, 9.17) is 11.6 Å². The maximum atomic E-state index is 12.5. The Morgan fingerprint density at radius 2 is 1.71 bits per heavy atom. The quantitative estimate of drug-likeness (QED) is 0.564. The van der Waals surface area contributed by atoms with Crippen molar-refractivity contribution in [2.45, 2.75) is 24.0 Å². The molecule has 0 amide bonds. The van der Waals surface area contributed by atoms with E-state index in [0.717, 1.165) is 11.1 Å². The van der Waals surface area contributed by atoms with E-state index in [1.165, 1.54) is 12.1 Å². The summed E-state index contributed by atoms with van der Waals surface area (Å²) in [5.74, 6) is -1.19. The lowest BCUT2D eigenvalue weighted by atomic mass is 10.1. The molecule has 0 spiro atoms. The van der Waals surface area contributed by atoms with E-state index in [2.05, 4.69) is 4.72 Å². The number of sulfonamides is 1. The molecule has 0 aliphatic rings. The molecule has 0 aliphatic carbocycles.